The maximum atomic E-state index is 12.7. The molecule has 1 saturated heterocycles. The number of carbonyl (C=O) groups is 1. The van der Waals surface area contributed by atoms with E-state index < -0.39 is 24.2 Å². The number of alkyl halides is 3. The molecule has 1 amide bonds. The number of carbonyl (C=O) groups excluding carboxylic acids is 1. The summed E-state index contributed by atoms with van der Waals surface area (Å²) in [5, 5.41) is 6.20. The number of nitrogens with one attached hydrogen (secondary N) is 1. The van der Waals surface area contributed by atoms with Crippen molar-refractivity contribution in [3.05, 3.63) is 54.4 Å². The van der Waals surface area contributed by atoms with Gasteiger partial charge in [0.25, 0.3) is 0 Å². The fourth-order valence-electron chi connectivity index (χ4n) is 3.51. The maximum Gasteiger partial charge on any atom is 0.405 e. The first kappa shape index (κ1) is 19.4. The van der Waals surface area contributed by atoms with Gasteiger partial charge < -0.3 is 10.2 Å². The highest BCUT2D eigenvalue weighted by atomic mass is 19.4. The van der Waals surface area contributed by atoms with Crippen molar-refractivity contribution < 1.29 is 18.0 Å². The Morgan fingerprint density at radius 2 is 1.85 bits per heavy atom. The van der Waals surface area contributed by atoms with Crippen LogP contribution in [0.4, 0.5) is 13.2 Å². The van der Waals surface area contributed by atoms with Crippen LogP contribution < -0.4 is 5.32 Å². The topological polar surface area (TPSA) is 50.2 Å². The lowest BCUT2D eigenvalue weighted by molar-refractivity contribution is -0.146. The summed E-state index contributed by atoms with van der Waals surface area (Å²) in [6.07, 6.45) is 0.501. The Balaban J connectivity index is 1.63. The molecule has 1 N–H and O–H groups in total. The fourth-order valence-corrected chi connectivity index (χ4v) is 3.51. The molecule has 0 saturated carbocycles. The van der Waals surface area contributed by atoms with Crippen molar-refractivity contribution in [3.63, 3.8) is 0 Å². The normalized spacial score (nSPS) is 17.6. The molecule has 0 spiro atoms. The van der Waals surface area contributed by atoms with Crippen LogP contribution in [-0.2, 0) is 16.8 Å². The molecule has 8 heteroatoms. The van der Waals surface area contributed by atoms with E-state index in [0.29, 0.717) is 25.9 Å². The van der Waals surface area contributed by atoms with E-state index >= 15 is 0 Å². The van der Waals surface area contributed by atoms with E-state index in [-0.39, 0.29) is 0 Å². The summed E-state index contributed by atoms with van der Waals surface area (Å²) in [6, 6.07) is 11.8. The molecule has 5 nitrogen and oxygen atoms in total. The van der Waals surface area contributed by atoms with Crippen molar-refractivity contribution in [2.24, 2.45) is 0 Å². The Labute approximate surface area is 156 Å². The first-order valence-corrected chi connectivity index (χ1v) is 9.00. The third-order valence-corrected chi connectivity index (χ3v) is 5.06. The SMILES string of the molecule is O=C(NCC(F)(F)F)C1(n2cccn2)CCN(CCc2ccccc2)CC1. The van der Waals surface area contributed by atoms with Crippen LogP contribution in [0.25, 0.3) is 0 Å². The van der Waals surface area contributed by atoms with Gasteiger partial charge in [-0.2, -0.15) is 18.3 Å². The summed E-state index contributed by atoms with van der Waals surface area (Å²) in [7, 11) is 0. The molecule has 0 bridgehead atoms. The lowest BCUT2D eigenvalue weighted by Gasteiger charge is -2.40. The zero-order valence-corrected chi connectivity index (χ0v) is 15.0. The molecule has 2 heterocycles. The molecule has 0 radical (unpaired) electrons. The maximum absolute atomic E-state index is 12.7. The van der Waals surface area contributed by atoms with E-state index in [1.807, 2.05) is 18.2 Å². The van der Waals surface area contributed by atoms with E-state index in [0.717, 1.165) is 13.0 Å². The number of aromatic nitrogens is 2. The molecule has 3 rings (SSSR count). The Hall–Kier alpha value is -2.35. The van der Waals surface area contributed by atoms with E-state index in [9.17, 15) is 18.0 Å². The second kappa shape index (κ2) is 8.12. The molecule has 2 aromatic rings. The van der Waals surface area contributed by atoms with Crippen LogP contribution in [-0.4, -0.2) is 52.9 Å². The molecule has 0 atom stereocenters. The minimum Gasteiger partial charge on any atom is -0.345 e. The summed E-state index contributed by atoms with van der Waals surface area (Å²) in [5.74, 6) is -0.619. The largest absolute Gasteiger partial charge is 0.405 e. The second-order valence-electron chi connectivity index (χ2n) is 6.86. The third kappa shape index (κ3) is 4.88. The van der Waals surface area contributed by atoms with Gasteiger partial charge in [-0.3, -0.25) is 9.48 Å². The van der Waals surface area contributed by atoms with Crippen LogP contribution in [0.5, 0.6) is 0 Å². The number of piperidine rings is 1. The monoisotopic (exact) mass is 380 g/mol. The van der Waals surface area contributed by atoms with Crippen molar-refractivity contribution >= 4 is 5.91 Å². The highest BCUT2D eigenvalue weighted by molar-refractivity contribution is 5.84. The molecule has 1 aromatic carbocycles. The van der Waals surface area contributed by atoms with E-state index in [2.05, 4.69) is 27.4 Å². The number of nitrogens with zero attached hydrogens (tertiary/aromatic N) is 3. The molecule has 0 unspecified atom stereocenters. The Morgan fingerprint density at radius 3 is 2.44 bits per heavy atom. The molecule has 1 aromatic heterocycles. The Kier molecular flexibility index (Phi) is 5.84. The molecule has 1 aliphatic heterocycles. The molecular weight excluding hydrogens is 357 g/mol. The lowest BCUT2D eigenvalue weighted by Crippen LogP contribution is -2.56. The van der Waals surface area contributed by atoms with Crippen LogP contribution in [0.1, 0.15) is 18.4 Å². The van der Waals surface area contributed by atoms with Crippen molar-refractivity contribution in [1.82, 2.24) is 20.0 Å². The van der Waals surface area contributed by atoms with Gasteiger partial charge >= 0.3 is 6.18 Å². The number of hydrogen-bond acceptors (Lipinski definition) is 3. The standard InChI is InChI=1S/C19H23F3N4O/c20-19(21,22)15-23-17(27)18(26-11-4-10-24-26)8-13-25(14-9-18)12-7-16-5-2-1-3-6-16/h1-6,10-11H,7-9,12-15H2,(H,23,27). The van der Waals surface area contributed by atoms with E-state index in [1.54, 1.807) is 18.5 Å². The Bertz CT molecular complexity index is 723. The van der Waals surface area contributed by atoms with Gasteiger partial charge in [-0.15, -0.1) is 0 Å². The summed E-state index contributed by atoms with van der Waals surface area (Å²) in [5.41, 5.74) is 0.169. The van der Waals surface area contributed by atoms with Gasteiger partial charge in [-0.05, 0) is 30.9 Å². The molecule has 1 aliphatic rings. The molecule has 27 heavy (non-hydrogen) atoms. The number of rotatable bonds is 6. The first-order valence-electron chi connectivity index (χ1n) is 9.00. The lowest BCUT2D eigenvalue weighted by atomic mass is 9.86. The zero-order chi connectivity index (χ0) is 19.3. The smallest absolute Gasteiger partial charge is 0.345 e. The van der Waals surface area contributed by atoms with Crippen LogP contribution in [0.15, 0.2) is 48.8 Å². The van der Waals surface area contributed by atoms with Crippen LogP contribution in [0, 0.1) is 0 Å². The third-order valence-electron chi connectivity index (χ3n) is 5.06. The van der Waals surface area contributed by atoms with E-state index in [1.165, 1.54) is 10.2 Å². The van der Waals surface area contributed by atoms with Crippen LogP contribution >= 0.6 is 0 Å². The molecule has 1 fully saturated rings. The fraction of sp³-hybridized carbons (Fsp3) is 0.474. The number of amides is 1. The van der Waals surface area contributed by atoms with Gasteiger partial charge in [-0.1, -0.05) is 30.3 Å². The number of likely N-dealkylation sites (tertiary alicyclic amines) is 1. The van der Waals surface area contributed by atoms with Crippen LogP contribution in [0.3, 0.4) is 0 Å². The molecule has 0 aliphatic carbocycles. The minimum absolute atomic E-state index is 0.424. The summed E-state index contributed by atoms with van der Waals surface area (Å²) < 4.78 is 39.1. The van der Waals surface area contributed by atoms with Crippen LogP contribution in [0.2, 0.25) is 0 Å². The second-order valence-corrected chi connectivity index (χ2v) is 6.86. The molecular formula is C19H23F3N4O. The Morgan fingerprint density at radius 1 is 1.15 bits per heavy atom. The van der Waals surface area contributed by atoms with Crippen molar-refractivity contribution in [2.75, 3.05) is 26.2 Å². The minimum atomic E-state index is -4.43. The van der Waals surface area contributed by atoms with Gasteiger partial charge in [0.05, 0.1) is 0 Å². The summed E-state index contributed by atoms with van der Waals surface area (Å²) >= 11 is 0. The van der Waals surface area contributed by atoms with Gasteiger partial charge in [-0.25, -0.2) is 0 Å². The van der Waals surface area contributed by atoms with Crippen molar-refractivity contribution in [1.29, 1.82) is 0 Å². The summed E-state index contributed by atoms with van der Waals surface area (Å²) in [6.45, 7) is 0.786. The van der Waals surface area contributed by atoms with Gasteiger partial charge in [0.2, 0.25) is 5.91 Å². The predicted molar refractivity (Wildman–Crippen MR) is 95.1 cm³/mol. The average Bonchev–Trinajstić information content (AvgIpc) is 3.20. The number of halogens is 3. The van der Waals surface area contributed by atoms with Gasteiger partial charge in [0.1, 0.15) is 12.1 Å². The highest BCUT2D eigenvalue weighted by Crippen LogP contribution is 2.30. The highest BCUT2D eigenvalue weighted by Gasteiger charge is 2.44. The van der Waals surface area contributed by atoms with Crippen molar-refractivity contribution in [3.8, 4) is 0 Å². The number of hydrogen-bond donors (Lipinski definition) is 1. The average molecular weight is 380 g/mol. The first-order chi connectivity index (χ1) is 12.9. The zero-order valence-electron chi connectivity index (χ0n) is 15.0. The van der Waals surface area contributed by atoms with Gasteiger partial charge in [0, 0.05) is 32.0 Å². The summed E-state index contributed by atoms with van der Waals surface area (Å²) in [4.78, 5) is 14.9. The number of benzene rings is 1. The molecule has 146 valence electrons. The van der Waals surface area contributed by atoms with Crippen molar-refractivity contribution in [2.45, 2.75) is 31.0 Å². The van der Waals surface area contributed by atoms with Gasteiger partial charge in [0.15, 0.2) is 0 Å². The predicted octanol–water partition coefficient (Wildman–Crippen LogP) is 2.60. The van der Waals surface area contributed by atoms with E-state index in [4.69, 9.17) is 0 Å². The quantitative estimate of drug-likeness (QED) is 0.838.